The molecule has 2 aromatic carbocycles. The number of nitrogens with zero attached hydrogens (tertiary/aromatic N) is 2. The maximum Gasteiger partial charge on any atom is 0.429 e. The van der Waals surface area contributed by atoms with Gasteiger partial charge in [-0.3, -0.25) is 4.90 Å². The maximum atomic E-state index is 11.5. The quantitative estimate of drug-likeness (QED) is 0.356. The van der Waals surface area contributed by atoms with E-state index in [1.165, 1.54) is 32.4 Å². The lowest BCUT2D eigenvalue weighted by atomic mass is 9.86. The van der Waals surface area contributed by atoms with Gasteiger partial charge in [0.25, 0.3) is 0 Å². The molecule has 5 rings (SSSR count). The average molecular weight is 456 g/mol. The number of ether oxygens (including phenoxy) is 2. The predicted octanol–water partition coefficient (Wildman–Crippen LogP) is 5.88. The van der Waals surface area contributed by atoms with Crippen LogP contribution in [0.4, 0.5) is 10.5 Å². The molecule has 182 valence electrons. The number of carbonyl (C=O) groups is 1. The molecule has 1 atom stereocenters. The second-order valence-electron chi connectivity index (χ2n) is 9.50. The Morgan fingerprint density at radius 3 is 1.97 bits per heavy atom. The molecular weight excluding hydrogens is 414 g/mol. The van der Waals surface area contributed by atoms with Crippen LogP contribution in [0.3, 0.4) is 0 Å². The number of hydrazine groups is 1. The van der Waals surface area contributed by atoms with E-state index >= 15 is 0 Å². The lowest BCUT2D eigenvalue weighted by Crippen LogP contribution is -2.52. The molecule has 33 heavy (non-hydrogen) atoms. The number of carbonyl (C=O) groups excluding carboxylic acids is 1. The summed E-state index contributed by atoms with van der Waals surface area (Å²) in [6, 6.07) is 19.2. The van der Waals surface area contributed by atoms with Crippen molar-refractivity contribution in [3.63, 3.8) is 0 Å². The van der Waals surface area contributed by atoms with Crippen LogP contribution in [0, 0.1) is 5.92 Å². The van der Waals surface area contributed by atoms with Gasteiger partial charge in [0.1, 0.15) is 17.5 Å². The fourth-order valence-electron chi connectivity index (χ4n) is 3.72. The number of hydrogen-bond donors (Lipinski definition) is 1. The van der Waals surface area contributed by atoms with Crippen LogP contribution in [0.15, 0.2) is 60.7 Å². The largest absolute Gasteiger partial charge is 0.489 e. The third-order valence-electron chi connectivity index (χ3n) is 5.25. The number of hydrogen-bond acceptors (Lipinski definition) is 5. The second kappa shape index (κ2) is 13.2. The Balaban J connectivity index is 0.000000209. The van der Waals surface area contributed by atoms with E-state index in [1.807, 2.05) is 24.3 Å². The first kappa shape index (κ1) is 26.7. The first-order chi connectivity index (χ1) is 15.7. The van der Waals surface area contributed by atoms with Gasteiger partial charge in [-0.2, -0.15) is 0 Å². The first-order valence-corrected chi connectivity index (χ1v) is 12.0. The molecule has 6 heteroatoms. The number of fused-ring (bicyclic) bond motifs is 3. The molecule has 3 heterocycles. The van der Waals surface area contributed by atoms with E-state index in [1.54, 1.807) is 45.0 Å². The molecule has 0 unspecified atom stereocenters. The van der Waals surface area contributed by atoms with Gasteiger partial charge < -0.3 is 9.47 Å². The van der Waals surface area contributed by atoms with Gasteiger partial charge in [-0.15, -0.1) is 0 Å². The van der Waals surface area contributed by atoms with Crippen molar-refractivity contribution in [1.29, 1.82) is 0 Å². The Morgan fingerprint density at radius 1 is 1.00 bits per heavy atom. The molecule has 2 aromatic rings. The molecular formula is C27H41N3O3. The van der Waals surface area contributed by atoms with E-state index in [2.05, 4.69) is 30.9 Å². The molecule has 0 spiro atoms. The highest BCUT2D eigenvalue weighted by atomic mass is 16.6. The molecule has 2 N–H and O–H groups in total. The summed E-state index contributed by atoms with van der Waals surface area (Å²) in [5, 5.41) is 0.991. The van der Waals surface area contributed by atoms with Gasteiger partial charge in [0.15, 0.2) is 0 Å². The number of amides is 1. The van der Waals surface area contributed by atoms with Crippen molar-refractivity contribution >= 4 is 11.8 Å². The van der Waals surface area contributed by atoms with Crippen molar-refractivity contribution in [1.82, 2.24) is 4.90 Å². The fraction of sp³-hybridized carbons (Fsp3) is 0.519. The van der Waals surface area contributed by atoms with Crippen molar-refractivity contribution in [2.24, 2.45) is 11.8 Å². The first-order valence-electron chi connectivity index (χ1n) is 12.0. The van der Waals surface area contributed by atoms with E-state index in [4.69, 9.17) is 15.3 Å². The van der Waals surface area contributed by atoms with Crippen LogP contribution < -0.4 is 15.6 Å². The van der Waals surface area contributed by atoms with Crippen LogP contribution in [0.25, 0.3) is 0 Å². The van der Waals surface area contributed by atoms with E-state index in [9.17, 15) is 4.79 Å². The summed E-state index contributed by atoms with van der Waals surface area (Å²) in [6.45, 7) is 13.3. The average Bonchev–Trinajstić information content (AvgIpc) is 2.80. The van der Waals surface area contributed by atoms with Gasteiger partial charge in [-0.25, -0.2) is 15.6 Å². The smallest absolute Gasteiger partial charge is 0.429 e. The maximum absolute atomic E-state index is 11.5. The highest BCUT2D eigenvalue weighted by molar-refractivity contribution is 5.86. The summed E-state index contributed by atoms with van der Waals surface area (Å²) in [4.78, 5) is 14.1. The van der Waals surface area contributed by atoms with Crippen molar-refractivity contribution in [3.05, 3.63) is 60.7 Å². The minimum absolute atomic E-state index is 0.426. The molecule has 0 aliphatic carbocycles. The third kappa shape index (κ3) is 9.44. The van der Waals surface area contributed by atoms with Crippen molar-refractivity contribution < 1.29 is 14.3 Å². The van der Waals surface area contributed by atoms with Gasteiger partial charge in [0.2, 0.25) is 0 Å². The Labute approximate surface area is 199 Å². The highest BCUT2D eigenvalue weighted by Gasteiger charge is 2.35. The molecule has 2 bridgehead atoms. The summed E-state index contributed by atoms with van der Waals surface area (Å²) >= 11 is 0. The number of piperidine rings is 3. The fourth-order valence-corrected chi connectivity index (χ4v) is 3.72. The predicted molar refractivity (Wildman–Crippen MR) is 135 cm³/mol. The van der Waals surface area contributed by atoms with Crippen LogP contribution >= 0.6 is 0 Å². The lowest BCUT2D eigenvalue weighted by molar-refractivity contribution is -0.00775. The SMILES string of the molecule is CC(C)(C)OC(=O)N(N)c1ccccc1.CCC.c1ccc(O[C@H]2CN3CCC2CC3)cc1. The Morgan fingerprint density at radius 2 is 1.52 bits per heavy atom. The summed E-state index contributed by atoms with van der Waals surface area (Å²) in [5.41, 5.74) is 0.0653. The zero-order valence-electron chi connectivity index (χ0n) is 20.9. The molecule has 3 fully saturated rings. The Bertz CT molecular complexity index is 800. The highest BCUT2D eigenvalue weighted by Crippen LogP contribution is 2.30. The Hall–Kier alpha value is -2.57. The van der Waals surface area contributed by atoms with Crippen LogP contribution in [0.5, 0.6) is 5.75 Å². The summed E-state index contributed by atoms with van der Waals surface area (Å²) in [6.07, 6.45) is 3.75. The molecule has 0 aromatic heterocycles. The van der Waals surface area contributed by atoms with Crippen LogP contribution in [-0.4, -0.2) is 42.3 Å². The van der Waals surface area contributed by atoms with Crippen LogP contribution in [-0.2, 0) is 4.74 Å². The lowest BCUT2D eigenvalue weighted by Gasteiger charge is -2.44. The molecule has 3 aliphatic heterocycles. The number of benzene rings is 2. The monoisotopic (exact) mass is 455 g/mol. The van der Waals surface area contributed by atoms with Crippen molar-refractivity contribution in [2.45, 2.75) is 65.6 Å². The number of anilines is 1. The number of nitrogens with two attached hydrogens (primary N) is 1. The zero-order valence-corrected chi connectivity index (χ0v) is 20.9. The van der Waals surface area contributed by atoms with Gasteiger partial charge in [0, 0.05) is 6.54 Å². The summed E-state index contributed by atoms with van der Waals surface area (Å²) < 4.78 is 11.2. The van der Waals surface area contributed by atoms with Crippen molar-refractivity contribution in [2.75, 3.05) is 24.6 Å². The van der Waals surface area contributed by atoms with Crippen LogP contribution in [0.2, 0.25) is 0 Å². The number of rotatable bonds is 3. The summed E-state index contributed by atoms with van der Waals surface area (Å²) in [7, 11) is 0. The topological polar surface area (TPSA) is 68.0 Å². The normalized spacial score (nSPS) is 21.0. The second-order valence-corrected chi connectivity index (χ2v) is 9.50. The zero-order chi connectivity index (χ0) is 24.3. The minimum Gasteiger partial charge on any atom is -0.489 e. The summed E-state index contributed by atoms with van der Waals surface area (Å²) in [5.74, 6) is 7.42. The minimum atomic E-state index is -0.561. The van der Waals surface area contributed by atoms with Crippen molar-refractivity contribution in [3.8, 4) is 5.75 Å². The third-order valence-corrected chi connectivity index (χ3v) is 5.25. The van der Waals surface area contributed by atoms with E-state index in [0.717, 1.165) is 23.2 Å². The van der Waals surface area contributed by atoms with Gasteiger partial charge >= 0.3 is 6.09 Å². The molecule has 0 radical (unpaired) electrons. The molecule has 0 saturated carbocycles. The molecule has 1 amide bonds. The number of para-hydroxylation sites is 2. The van der Waals surface area contributed by atoms with E-state index in [-0.39, 0.29) is 0 Å². The van der Waals surface area contributed by atoms with Gasteiger partial charge in [0.05, 0.1) is 5.69 Å². The van der Waals surface area contributed by atoms with Gasteiger partial charge in [-0.05, 0) is 76.9 Å². The molecule has 3 aliphatic rings. The van der Waals surface area contributed by atoms with E-state index in [0.29, 0.717) is 11.8 Å². The van der Waals surface area contributed by atoms with Gasteiger partial charge in [-0.1, -0.05) is 56.7 Å². The molecule has 6 nitrogen and oxygen atoms in total. The Kier molecular flexibility index (Phi) is 10.7. The van der Waals surface area contributed by atoms with E-state index < -0.39 is 11.7 Å². The van der Waals surface area contributed by atoms with Crippen LogP contribution in [0.1, 0.15) is 53.9 Å². The standard InChI is InChI=1S/C13H17NO.C11H16N2O2.C3H8/c1-2-4-12(5-3-1)15-13-10-14-8-6-11(13)7-9-14;1-11(2,3)15-10(14)13(12)9-7-5-4-6-8-9;1-3-2/h1-5,11,13H,6-10H2;4-8H,12H2,1-3H3;3H2,1-2H3/t13-;;/m0../s1. The molecule has 3 saturated heterocycles.